The molecule has 1 aliphatic heterocycles. The Kier molecular flexibility index (Phi) is 13.5. The molecule has 0 aromatic heterocycles. The summed E-state index contributed by atoms with van der Waals surface area (Å²) in [5.74, 6) is -2.08. The largest absolute Gasteiger partial charge is 0.349 e. The molecule has 4 aliphatic rings. The summed E-state index contributed by atoms with van der Waals surface area (Å²) in [5, 5.41) is 11.7. The number of urea groups is 1. The van der Waals surface area contributed by atoms with E-state index >= 15 is 0 Å². The predicted molar refractivity (Wildman–Crippen MR) is 207 cm³/mol. The van der Waals surface area contributed by atoms with Crippen LogP contribution in [0.15, 0.2) is 0 Å². The van der Waals surface area contributed by atoms with Crippen LogP contribution in [-0.4, -0.2) is 90.1 Å². The molecular weight excluding hydrogens is 695 g/mol. The van der Waals surface area contributed by atoms with E-state index in [-0.39, 0.29) is 35.3 Å². The van der Waals surface area contributed by atoms with Crippen molar-refractivity contribution < 1.29 is 32.4 Å². The van der Waals surface area contributed by atoms with Gasteiger partial charge in [-0.3, -0.25) is 19.2 Å². The van der Waals surface area contributed by atoms with Crippen molar-refractivity contribution in [2.24, 2.45) is 28.6 Å². The summed E-state index contributed by atoms with van der Waals surface area (Å²) in [6.07, 6.45) is 9.47. The molecule has 0 radical (unpaired) electrons. The monoisotopic (exact) mass is 763 g/mol. The molecule has 0 aromatic rings. The van der Waals surface area contributed by atoms with Crippen LogP contribution in [0.25, 0.3) is 0 Å². The number of nitrogens with one attached hydrogen (secondary N) is 4. The van der Waals surface area contributed by atoms with Crippen LogP contribution in [0.3, 0.4) is 0 Å². The molecule has 1 unspecified atom stereocenters. The first kappa shape index (κ1) is 43.0. The summed E-state index contributed by atoms with van der Waals surface area (Å²) >= 11 is 0. The van der Waals surface area contributed by atoms with E-state index in [0.717, 1.165) is 57.8 Å². The van der Waals surface area contributed by atoms with Gasteiger partial charge in [0.25, 0.3) is 5.91 Å². The standard InChI is InChI=1S/C40H69N5O7S/c1-10-17-28(31(46)34(48)41-23-18-26(2)3)42-33(47)30-29-27(38(29,7)8)24-45(30)35(49)32(39(9)19-13-11-14-20-39)43-36(50)44-40(21-15-12-16-22-40)25-53(51,52)37(4,5)6/h26-30,32H,10-25H2,1-9H3,(H,41,48)(H,42,47)(H2,43,44,50)/t27-,28?,29-,30-,32+/m0/s1. The molecule has 3 saturated carbocycles. The van der Waals surface area contributed by atoms with E-state index in [0.29, 0.717) is 38.3 Å². The minimum absolute atomic E-state index is 0.0728. The molecule has 1 saturated heterocycles. The number of amides is 5. The predicted octanol–water partition coefficient (Wildman–Crippen LogP) is 5.04. The lowest BCUT2D eigenvalue weighted by molar-refractivity contribution is -0.146. The minimum Gasteiger partial charge on any atom is -0.349 e. The fraction of sp³-hybridized carbons (Fsp3) is 0.875. The highest BCUT2D eigenvalue weighted by Crippen LogP contribution is 2.65. The topological polar surface area (TPSA) is 171 Å². The van der Waals surface area contributed by atoms with Crippen LogP contribution >= 0.6 is 0 Å². The number of piperidine rings is 1. The fourth-order valence-electron chi connectivity index (χ4n) is 9.22. The van der Waals surface area contributed by atoms with Gasteiger partial charge in [0.05, 0.1) is 22.1 Å². The number of sulfone groups is 1. The molecule has 302 valence electrons. The van der Waals surface area contributed by atoms with Gasteiger partial charge in [0.1, 0.15) is 12.1 Å². The highest BCUT2D eigenvalue weighted by atomic mass is 32.2. The maximum absolute atomic E-state index is 14.9. The Bertz CT molecular complexity index is 1470. The third kappa shape index (κ3) is 9.76. The zero-order chi connectivity index (χ0) is 39.6. The Morgan fingerprint density at radius 3 is 1.98 bits per heavy atom. The van der Waals surface area contributed by atoms with Gasteiger partial charge >= 0.3 is 6.03 Å². The Balaban J connectivity index is 1.59. The average molecular weight is 764 g/mol. The number of rotatable bonds is 15. The summed E-state index contributed by atoms with van der Waals surface area (Å²) < 4.78 is 25.9. The van der Waals surface area contributed by atoms with E-state index in [1.807, 2.05) is 27.7 Å². The number of carbonyl (C=O) groups excluding carboxylic acids is 5. The molecule has 0 bridgehead atoms. The van der Waals surface area contributed by atoms with Gasteiger partial charge in [0.15, 0.2) is 9.84 Å². The van der Waals surface area contributed by atoms with E-state index in [2.05, 4.69) is 35.1 Å². The molecule has 0 aromatic carbocycles. The summed E-state index contributed by atoms with van der Waals surface area (Å²) in [7, 11) is -3.57. The molecule has 4 rings (SSSR count). The van der Waals surface area contributed by atoms with Crippen molar-refractivity contribution in [1.82, 2.24) is 26.2 Å². The lowest BCUT2D eigenvalue weighted by Crippen LogP contribution is -2.65. The number of carbonyl (C=O) groups is 5. The second-order valence-corrected chi connectivity index (χ2v) is 21.7. The van der Waals surface area contributed by atoms with Crippen molar-refractivity contribution in [1.29, 1.82) is 0 Å². The van der Waals surface area contributed by atoms with Gasteiger partial charge in [-0.15, -0.1) is 0 Å². The smallest absolute Gasteiger partial charge is 0.315 e. The lowest BCUT2D eigenvalue weighted by atomic mass is 9.70. The van der Waals surface area contributed by atoms with Crippen molar-refractivity contribution in [2.75, 3.05) is 18.8 Å². The number of hydrogen-bond donors (Lipinski definition) is 4. The molecule has 1 heterocycles. The first-order valence-corrected chi connectivity index (χ1v) is 22.0. The zero-order valence-corrected chi connectivity index (χ0v) is 34.8. The summed E-state index contributed by atoms with van der Waals surface area (Å²) in [6, 6.07) is -3.39. The molecule has 0 spiro atoms. The molecule has 13 heteroatoms. The third-order valence-corrected chi connectivity index (χ3v) is 15.8. The Morgan fingerprint density at radius 2 is 1.43 bits per heavy atom. The number of fused-ring (bicyclic) bond motifs is 1. The molecule has 4 N–H and O–H groups in total. The van der Waals surface area contributed by atoms with Gasteiger partial charge < -0.3 is 26.2 Å². The zero-order valence-electron chi connectivity index (χ0n) is 34.0. The summed E-state index contributed by atoms with van der Waals surface area (Å²) in [4.78, 5) is 71.0. The normalized spacial score (nSPS) is 25.8. The Labute approximate surface area is 318 Å². The Hall–Kier alpha value is -2.70. The summed E-state index contributed by atoms with van der Waals surface area (Å²) in [5.41, 5.74) is -1.72. The second kappa shape index (κ2) is 16.6. The number of Topliss-reactive ketones (excluding diaryl/α,β-unsaturated/α-hetero) is 1. The van der Waals surface area contributed by atoms with Crippen molar-refractivity contribution in [3.05, 3.63) is 0 Å². The van der Waals surface area contributed by atoms with Crippen molar-refractivity contribution in [3.8, 4) is 0 Å². The minimum atomic E-state index is -3.57. The van der Waals surface area contributed by atoms with E-state index in [4.69, 9.17) is 0 Å². The second-order valence-electron chi connectivity index (χ2n) is 19.0. The van der Waals surface area contributed by atoms with Crippen LogP contribution in [0, 0.1) is 28.6 Å². The van der Waals surface area contributed by atoms with Crippen molar-refractivity contribution in [2.45, 2.75) is 174 Å². The van der Waals surface area contributed by atoms with Gasteiger partial charge in [-0.1, -0.05) is 86.5 Å². The molecule has 12 nitrogen and oxygen atoms in total. The molecule has 5 amide bonds. The number of likely N-dealkylation sites (tertiary alicyclic amines) is 1. The van der Waals surface area contributed by atoms with Crippen molar-refractivity contribution >= 4 is 39.4 Å². The van der Waals surface area contributed by atoms with E-state index in [1.54, 1.807) is 25.7 Å². The van der Waals surface area contributed by atoms with Crippen LogP contribution in [-0.2, 0) is 29.0 Å². The van der Waals surface area contributed by atoms with Gasteiger partial charge in [0.2, 0.25) is 17.6 Å². The summed E-state index contributed by atoms with van der Waals surface area (Å²) in [6.45, 7) is 17.9. The first-order chi connectivity index (χ1) is 24.6. The number of nitrogens with zero attached hydrogens (tertiary/aromatic N) is 1. The van der Waals surface area contributed by atoms with Gasteiger partial charge in [-0.05, 0) is 87.9 Å². The molecular formula is C40H69N5O7S. The van der Waals surface area contributed by atoms with Gasteiger partial charge in [-0.2, -0.15) is 0 Å². The van der Waals surface area contributed by atoms with Gasteiger partial charge in [-0.25, -0.2) is 13.2 Å². The van der Waals surface area contributed by atoms with E-state index < -0.39 is 67.3 Å². The SMILES string of the molecule is CCCC(NC(=O)[C@@H]1[C@@H]2[C@H](CN1C(=O)[C@@H](NC(=O)NC1(CS(=O)(=O)C(C)(C)C)CCCCC1)C1(C)CCCCC1)C2(C)C)C(=O)C(=O)NCCC(C)C. The number of ketones is 1. The van der Waals surface area contributed by atoms with Crippen LogP contribution in [0.2, 0.25) is 0 Å². The van der Waals surface area contributed by atoms with E-state index in [9.17, 15) is 32.4 Å². The third-order valence-electron chi connectivity index (χ3n) is 13.0. The lowest BCUT2D eigenvalue weighted by Gasteiger charge is -2.44. The molecule has 5 atom stereocenters. The van der Waals surface area contributed by atoms with E-state index in [1.165, 1.54) is 0 Å². The van der Waals surface area contributed by atoms with Crippen molar-refractivity contribution in [3.63, 3.8) is 0 Å². The van der Waals surface area contributed by atoms with Crippen LogP contribution in [0.4, 0.5) is 4.79 Å². The highest BCUT2D eigenvalue weighted by Gasteiger charge is 2.70. The fourth-order valence-corrected chi connectivity index (χ4v) is 10.7. The average Bonchev–Trinajstić information content (AvgIpc) is 3.36. The molecule has 3 aliphatic carbocycles. The van der Waals surface area contributed by atoms with Crippen LogP contribution in [0.1, 0.15) is 146 Å². The number of hydrogen-bond acceptors (Lipinski definition) is 7. The van der Waals surface area contributed by atoms with Crippen LogP contribution in [0.5, 0.6) is 0 Å². The Morgan fingerprint density at radius 1 is 0.849 bits per heavy atom. The quantitative estimate of drug-likeness (QED) is 0.169. The maximum Gasteiger partial charge on any atom is 0.315 e. The molecule has 53 heavy (non-hydrogen) atoms. The van der Waals surface area contributed by atoms with Gasteiger partial charge in [0, 0.05) is 13.1 Å². The maximum atomic E-state index is 14.9. The van der Waals surface area contributed by atoms with Crippen LogP contribution < -0.4 is 21.3 Å². The molecule has 4 fully saturated rings. The first-order valence-electron chi connectivity index (χ1n) is 20.3. The highest BCUT2D eigenvalue weighted by molar-refractivity contribution is 7.92.